The highest BCUT2D eigenvalue weighted by molar-refractivity contribution is 7.16. The Bertz CT molecular complexity index is 617. The van der Waals surface area contributed by atoms with E-state index >= 15 is 0 Å². The number of anilines is 2. The van der Waals surface area contributed by atoms with Crippen LogP contribution < -0.4 is 16.0 Å². The number of hydrogen-bond acceptors (Lipinski definition) is 6. The van der Waals surface area contributed by atoms with E-state index in [9.17, 15) is 4.79 Å². The minimum absolute atomic E-state index is 0.0644. The maximum Gasteiger partial charge on any atom is 0.239 e. The maximum atomic E-state index is 11.8. The molecule has 0 unspecified atom stereocenters. The van der Waals surface area contributed by atoms with Crippen LogP contribution in [0.3, 0.4) is 0 Å². The average Bonchev–Trinajstić information content (AvgIpc) is 2.81. The number of rotatable bonds is 4. The normalized spacial score (nSPS) is 11.4. The van der Waals surface area contributed by atoms with Gasteiger partial charge in [-0.05, 0) is 32.2 Å². The molecule has 108 valence electrons. The average molecular weight is 293 g/mol. The Morgan fingerprint density at radius 2 is 2.10 bits per heavy atom. The molecule has 0 aliphatic carbocycles. The van der Waals surface area contributed by atoms with Crippen LogP contribution in [0.4, 0.5) is 11.8 Å². The van der Waals surface area contributed by atoms with Crippen LogP contribution in [-0.4, -0.2) is 35.0 Å². The Hall–Kier alpha value is -1.89. The minimum atomic E-state index is -0.238. The van der Waals surface area contributed by atoms with Crippen LogP contribution >= 0.6 is 11.3 Å². The van der Waals surface area contributed by atoms with Crippen molar-refractivity contribution in [2.75, 3.05) is 24.2 Å². The van der Waals surface area contributed by atoms with Gasteiger partial charge >= 0.3 is 0 Å². The Morgan fingerprint density at radius 3 is 2.75 bits per heavy atom. The van der Waals surface area contributed by atoms with E-state index in [4.69, 9.17) is 0 Å². The van der Waals surface area contributed by atoms with E-state index in [0.717, 1.165) is 10.2 Å². The maximum absolute atomic E-state index is 11.8. The molecule has 0 saturated heterocycles. The lowest BCUT2D eigenvalue weighted by Crippen LogP contribution is -2.43. The highest BCUT2D eigenvalue weighted by Crippen LogP contribution is 2.26. The Balaban J connectivity index is 2.13. The predicted molar refractivity (Wildman–Crippen MR) is 83.3 cm³/mol. The van der Waals surface area contributed by atoms with Crippen LogP contribution in [0.2, 0.25) is 0 Å². The number of amides is 1. The number of carbonyl (C=O) groups is 1. The van der Waals surface area contributed by atoms with Crippen LogP contribution in [0.1, 0.15) is 20.8 Å². The summed E-state index contributed by atoms with van der Waals surface area (Å²) in [6.07, 6.45) is 0. The van der Waals surface area contributed by atoms with Gasteiger partial charge in [0.2, 0.25) is 11.9 Å². The monoisotopic (exact) mass is 293 g/mol. The topological polar surface area (TPSA) is 78.9 Å². The number of hydrogen-bond donors (Lipinski definition) is 3. The molecular formula is C13H19N5OS. The molecule has 3 N–H and O–H groups in total. The number of fused-ring (bicyclic) bond motifs is 1. The second kappa shape index (κ2) is 5.62. The quantitative estimate of drug-likeness (QED) is 0.804. The second-order valence-corrected chi connectivity index (χ2v) is 6.33. The SMILES string of the molecule is CNc1nc(NCC(=O)NC(C)(C)C)c2ccsc2n1. The first-order valence-corrected chi connectivity index (χ1v) is 7.25. The van der Waals surface area contributed by atoms with Gasteiger partial charge in [0.1, 0.15) is 10.6 Å². The van der Waals surface area contributed by atoms with Crippen molar-refractivity contribution >= 4 is 39.2 Å². The zero-order valence-electron chi connectivity index (χ0n) is 12.1. The molecule has 20 heavy (non-hydrogen) atoms. The summed E-state index contributed by atoms with van der Waals surface area (Å²) in [7, 11) is 1.77. The van der Waals surface area contributed by atoms with Crippen molar-refractivity contribution in [3.8, 4) is 0 Å². The van der Waals surface area contributed by atoms with Gasteiger partial charge in [0.25, 0.3) is 0 Å². The number of nitrogens with zero attached hydrogens (tertiary/aromatic N) is 2. The van der Waals surface area contributed by atoms with Gasteiger partial charge in [0.05, 0.1) is 11.9 Å². The van der Waals surface area contributed by atoms with Crippen molar-refractivity contribution in [3.63, 3.8) is 0 Å². The molecule has 6 nitrogen and oxygen atoms in total. The van der Waals surface area contributed by atoms with Crippen molar-refractivity contribution in [2.45, 2.75) is 26.3 Å². The van der Waals surface area contributed by atoms with Gasteiger partial charge in [0, 0.05) is 12.6 Å². The molecule has 0 atom stereocenters. The van der Waals surface area contributed by atoms with Crippen LogP contribution in [0, 0.1) is 0 Å². The van der Waals surface area contributed by atoms with E-state index in [0.29, 0.717) is 11.8 Å². The van der Waals surface area contributed by atoms with Crippen molar-refractivity contribution in [1.29, 1.82) is 0 Å². The van der Waals surface area contributed by atoms with Crippen molar-refractivity contribution in [1.82, 2.24) is 15.3 Å². The van der Waals surface area contributed by atoms with E-state index in [1.165, 1.54) is 0 Å². The molecule has 2 rings (SSSR count). The molecule has 0 spiro atoms. The number of thiophene rings is 1. The van der Waals surface area contributed by atoms with Crippen molar-refractivity contribution in [3.05, 3.63) is 11.4 Å². The summed E-state index contributed by atoms with van der Waals surface area (Å²) in [6.45, 7) is 6.03. The van der Waals surface area contributed by atoms with Gasteiger partial charge in [-0.3, -0.25) is 4.79 Å². The van der Waals surface area contributed by atoms with Gasteiger partial charge in [0.15, 0.2) is 0 Å². The zero-order valence-corrected chi connectivity index (χ0v) is 12.9. The number of nitrogens with one attached hydrogen (secondary N) is 3. The van der Waals surface area contributed by atoms with Gasteiger partial charge < -0.3 is 16.0 Å². The van der Waals surface area contributed by atoms with E-state index in [1.54, 1.807) is 18.4 Å². The third-order valence-corrected chi connectivity index (χ3v) is 3.29. The minimum Gasteiger partial charge on any atom is -0.360 e. The Labute approximate surface area is 122 Å². The van der Waals surface area contributed by atoms with E-state index in [2.05, 4.69) is 25.9 Å². The first-order valence-electron chi connectivity index (χ1n) is 6.37. The molecule has 0 aliphatic rings. The molecule has 7 heteroatoms. The Kier molecular flexibility index (Phi) is 4.08. The standard InChI is InChI=1S/C13H19N5OS/c1-13(2,3)18-9(19)7-15-10-8-5-6-20-11(8)17-12(14-4)16-10/h5-6H,7H2,1-4H3,(H,18,19)(H2,14,15,16,17). The van der Waals surface area contributed by atoms with Crippen molar-refractivity contribution < 1.29 is 4.79 Å². The summed E-state index contributed by atoms with van der Waals surface area (Å²) in [5.74, 6) is 1.15. The third-order valence-electron chi connectivity index (χ3n) is 2.48. The van der Waals surface area contributed by atoms with E-state index in [-0.39, 0.29) is 18.0 Å². The van der Waals surface area contributed by atoms with E-state index < -0.39 is 0 Å². The summed E-state index contributed by atoms with van der Waals surface area (Å²) >= 11 is 1.54. The van der Waals surface area contributed by atoms with Gasteiger partial charge in [-0.25, -0.2) is 4.98 Å². The fourth-order valence-corrected chi connectivity index (χ4v) is 2.49. The first kappa shape index (κ1) is 14.5. The van der Waals surface area contributed by atoms with Gasteiger partial charge in [-0.15, -0.1) is 11.3 Å². The van der Waals surface area contributed by atoms with Gasteiger partial charge in [-0.1, -0.05) is 0 Å². The molecule has 0 radical (unpaired) electrons. The summed E-state index contributed by atoms with van der Waals surface area (Å²) in [5, 5.41) is 11.8. The fraction of sp³-hybridized carbons (Fsp3) is 0.462. The molecule has 0 saturated carbocycles. The van der Waals surface area contributed by atoms with Crippen LogP contribution in [-0.2, 0) is 4.79 Å². The summed E-state index contributed by atoms with van der Waals surface area (Å²) < 4.78 is 0. The molecular weight excluding hydrogens is 274 g/mol. The predicted octanol–water partition coefficient (Wildman–Crippen LogP) is 2.06. The largest absolute Gasteiger partial charge is 0.360 e. The molecule has 0 aliphatic heterocycles. The van der Waals surface area contributed by atoms with Crippen LogP contribution in [0.25, 0.3) is 10.2 Å². The molecule has 0 fully saturated rings. The van der Waals surface area contributed by atoms with Crippen LogP contribution in [0.5, 0.6) is 0 Å². The number of carbonyl (C=O) groups excluding carboxylic acids is 1. The zero-order chi connectivity index (χ0) is 14.8. The molecule has 1 amide bonds. The Morgan fingerprint density at radius 1 is 1.35 bits per heavy atom. The highest BCUT2D eigenvalue weighted by atomic mass is 32.1. The molecule has 0 bridgehead atoms. The molecule has 2 aromatic heterocycles. The van der Waals surface area contributed by atoms with Crippen molar-refractivity contribution in [2.24, 2.45) is 0 Å². The lowest BCUT2D eigenvalue weighted by molar-refractivity contribution is -0.120. The van der Waals surface area contributed by atoms with Crippen LogP contribution in [0.15, 0.2) is 11.4 Å². The molecule has 0 aromatic carbocycles. The lowest BCUT2D eigenvalue weighted by atomic mass is 10.1. The first-order chi connectivity index (χ1) is 9.39. The molecule has 2 aromatic rings. The van der Waals surface area contributed by atoms with E-state index in [1.807, 2.05) is 32.2 Å². The smallest absolute Gasteiger partial charge is 0.239 e. The third kappa shape index (κ3) is 3.57. The lowest BCUT2D eigenvalue weighted by Gasteiger charge is -2.20. The summed E-state index contributed by atoms with van der Waals surface area (Å²) in [5.41, 5.74) is -0.238. The molecule has 2 heterocycles. The number of aromatic nitrogens is 2. The summed E-state index contributed by atoms with van der Waals surface area (Å²) in [6, 6.07) is 1.95. The second-order valence-electron chi connectivity index (χ2n) is 5.44. The van der Waals surface area contributed by atoms with Gasteiger partial charge in [-0.2, -0.15) is 4.98 Å². The fourth-order valence-electron chi connectivity index (χ4n) is 1.73. The highest BCUT2D eigenvalue weighted by Gasteiger charge is 2.14. The summed E-state index contributed by atoms with van der Waals surface area (Å²) in [4.78, 5) is 21.4.